The van der Waals surface area contributed by atoms with Gasteiger partial charge in [-0.1, -0.05) is 26.2 Å². The van der Waals surface area contributed by atoms with E-state index >= 15 is 0 Å². The zero-order valence-electron chi connectivity index (χ0n) is 9.39. The molecule has 4 N–H and O–H groups in total. The molecule has 4 nitrogen and oxygen atoms in total. The van der Waals surface area contributed by atoms with Crippen LogP contribution in [0.4, 0.5) is 0 Å². The fraction of sp³-hybridized carbons (Fsp3) is 1.00. The number of aliphatic hydroxyl groups excluding tert-OH is 3. The van der Waals surface area contributed by atoms with Crippen molar-refractivity contribution in [2.45, 2.75) is 50.9 Å². The molecule has 15 heavy (non-hydrogen) atoms. The van der Waals surface area contributed by atoms with E-state index in [9.17, 15) is 15.3 Å². The minimum Gasteiger partial charge on any atom is -0.396 e. The van der Waals surface area contributed by atoms with Gasteiger partial charge in [0.15, 0.2) is 0 Å². The normalized spacial score (nSPS) is 36.8. The quantitative estimate of drug-likeness (QED) is 0.484. The summed E-state index contributed by atoms with van der Waals surface area (Å²) < 4.78 is 0. The molecule has 1 heterocycles. The largest absolute Gasteiger partial charge is 0.396 e. The van der Waals surface area contributed by atoms with Crippen molar-refractivity contribution in [1.82, 2.24) is 5.32 Å². The average Bonchev–Trinajstić information content (AvgIpc) is 2.24. The minimum atomic E-state index is -0.789. The molecule has 1 rings (SSSR count). The van der Waals surface area contributed by atoms with E-state index in [0.717, 1.165) is 12.8 Å². The number of piperidine rings is 1. The van der Waals surface area contributed by atoms with Crippen molar-refractivity contribution >= 4 is 0 Å². The van der Waals surface area contributed by atoms with E-state index in [-0.39, 0.29) is 18.6 Å². The average molecular weight is 217 g/mol. The van der Waals surface area contributed by atoms with Gasteiger partial charge in [0.25, 0.3) is 0 Å². The third kappa shape index (κ3) is 3.41. The van der Waals surface area contributed by atoms with Gasteiger partial charge in [0.1, 0.15) is 0 Å². The van der Waals surface area contributed by atoms with Gasteiger partial charge < -0.3 is 20.6 Å². The first-order valence-corrected chi connectivity index (χ1v) is 5.91. The molecule has 0 saturated carbocycles. The van der Waals surface area contributed by atoms with Crippen LogP contribution in [0.1, 0.15) is 32.6 Å². The van der Waals surface area contributed by atoms with Gasteiger partial charge in [-0.2, -0.15) is 0 Å². The Hall–Kier alpha value is -0.160. The Morgan fingerprint density at radius 1 is 1.27 bits per heavy atom. The van der Waals surface area contributed by atoms with Crippen molar-refractivity contribution in [2.24, 2.45) is 5.92 Å². The number of β-amino-alcohol motifs (C(OH)–C–C–N with tert-alkyl or cyclic N) is 1. The number of unbranched alkanes of at least 4 members (excludes halogenated alkanes) is 2. The number of nitrogens with one attached hydrogen (secondary N) is 1. The van der Waals surface area contributed by atoms with Crippen LogP contribution in [0.2, 0.25) is 0 Å². The lowest BCUT2D eigenvalue weighted by atomic mass is 9.84. The lowest BCUT2D eigenvalue weighted by molar-refractivity contribution is -0.0679. The van der Waals surface area contributed by atoms with E-state index in [4.69, 9.17) is 0 Å². The molecule has 0 aromatic rings. The second-order valence-electron chi connectivity index (χ2n) is 4.41. The first-order chi connectivity index (χ1) is 7.20. The first kappa shape index (κ1) is 12.9. The van der Waals surface area contributed by atoms with E-state index in [1.165, 1.54) is 12.8 Å². The van der Waals surface area contributed by atoms with Crippen LogP contribution >= 0.6 is 0 Å². The summed E-state index contributed by atoms with van der Waals surface area (Å²) in [6, 6.07) is 0.139. The van der Waals surface area contributed by atoms with Crippen LogP contribution in [0.15, 0.2) is 0 Å². The number of hydrogen-bond acceptors (Lipinski definition) is 4. The summed E-state index contributed by atoms with van der Waals surface area (Å²) in [7, 11) is 0. The van der Waals surface area contributed by atoms with Gasteiger partial charge in [-0.15, -0.1) is 0 Å². The molecule has 0 radical (unpaired) electrons. The Morgan fingerprint density at radius 2 is 2.00 bits per heavy atom. The summed E-state index contributed by atoms with van der Waals surface area (Å²) in [6.07, 6.45) is 2.87. The zero-order valence-corrected chi connectivity index (χ0v) is 9.39. The Labute approximate surface area is 91.3 Å². The van der Waals surface area contributed by atoms with Gasteiger partial charge in [0, 0.05) is 25.1 Å². The monoisotopic (exact) mass is 217 g/mol. The Bertz CT molecular complexity index is 177. The van der Waals surface area contributed by atoms with Crippen LogP contribution in [0.3, 0.4) is 0 Å². The minimum absolute atomic E-state index is 0.0674. The first-order valence-electron chi connectivity index (χ1n) is 5.91. The van der Waals surface area contributed by atoms with Crippen LogP contribution in [-0.4, -0.2) is 46.7 Å². The van der Waals surface area contributed by atoms with Crippen LogP contribution in [0, 0.1) is 5.92 Å². The van der Waals surface area contributed by atoms with Crippen molar-refractivity contribution in [1.29, 1.82) is 0 Å². The van der Waals surface area contributed by atoms with Gasteiger partial charge in [0.2, 0.25) is 0 Å². The molecule has 4 atom stereocenters. The summed E-state index contributed by atoms with van der Waals surface area (Å²) in [5.41, 5.74) is 0. The van der Waals surface area contributed by atoms with Crippen molar-refractivity contribution in [3.05, 3.63) is 0 Å². The Morgan fingerprint density at radius 3 is 2.60 bits per heavy atom. The Balaban J connectivity index is 2.41. The molecule has 0 aromatic carbocycles. The lowest BCUT2D eigenvalue weighted by Gasteiger charge is -2.38. The highest BCUT2D eigenvalue weighted by molar-refractivity contribution is 4.91. The maximum atomic E-state index is 9.71. The molecule has 0 aliphatic carbocycles. The van der Waals surface area contributed by atoms with Gasteiger partial charge in [-0.25, -0.2) is 0 Å². The van der Waals surface area contributed by atoms with Crippen LogP contribution < -0.4 is 5.32 Å². The molecular formula is C11H23NO3. The van der Waals surface area contributed by atoms with Crippen molar-refractivity contribution < 1.29 is 15.3 Å². The summed E-state index contributed by atoms with van der Waals surface area (Å²) in [5.74, 6) is -0.231. The van der Waals surface area contributed by atoms with Crippen molar-refractivity contribution in [3.63, 3.8) is 0 Å². The van der Waals surface area contributed by atoms with E-state index in [2.05, 4.69) is 12.2 Å². The van der Waals surface area contributed by atoms with E-state index in [1.807, 2.05) is 0 Å². The molecule has 0 spiro atoms. The number of hydrogen-bond donors (Lipinski definition) is 4. The topological polar surface area (TPSA) is 72.7 Å². The lowest BCUT2D eigenvalue weighted by Crippen LogP contribution is -2.57. The van der Waals surface area contributed by atoms with Crippen LogP contribution in [0.5, 0.6) is 0 Å². The Kier molecular flexibility index (Phi) is 5.53. The maximum absolute atomic E-state index is 9.71. The zero-order chi connectivity index (χ0) is 11.3. The maximum Gasteiger partial charge on any atom is 0.0927 e. The highest BCUT2D eigenvalue weighted by Crippen LogP contribution is 2.21. The second-order valence-corrected chi connectivity index (χ2v) is 4.41. The molecule has 1 saturated heterocycles. The highest BCUT2D eigenvalue weighted by atomic mass is 16.3. The van der Waals surface area contributed by atoms with Crippen molar-refractivity contribution in [2.75, 3.05) is 13.2 Å². The molecule has 1 aliphatic heterocycles. The third-order valence-corrected chi connectivity index (χ3v) is 3.27. The molecular weight excluding hydrogens is 194 g/mol. The van der Waals surface area contributed by atoms with Gasteiger partial charge in [0.05, 0.1) is 12.2 Å². The smallest absolute Gasteiger partial charge is 0.0927 e. The second kappa shape index (κ2) is 6.43. The van der Waals surface area contributed by atoms with E-state index in [0.29, 0.717) is 6.54 Å². The van der Waals surface area contributed by atoms with Crippen LogP contribution in [-0.2, 0) is 0 Å². The molecule has 0 bridgehead atoms. The standard InChI is InChI=1S/C11H23NO3/c1-2-3-4-5-9-8(7-13)11(15)10(14)6-12-9/h8-15H,2-7H2,1H3/t8-,9-,10+,11-/m0/s1. The van der Waals surface area contributed by atoms with E-state index < -0.39 is 12.2 Å². The third-order valence-electron chi connectivity index (χ3n) is 3.27. The van der Waals surface area contributed by atoms with Gasteiger partial charge in [-0.3, -0.25) is 0 Å². The fourth-order valence-corrected chi connectivity index (χ4v) is 2.23. The number of rotatable bonds is 5. The number of aliphatic hydroxyl groups is 3. The highest BCUT2D eigenvalue weighted by Gasteiger charge is 2.36. The van der Waals surface area contributed by atoms with Crippen LogP contribution in [0.25, 0.3) is 0 Å². The van der Waals surface area contributed by atoms with Crippen molar-refractivity contribution in [3.8, 4) is 0 Å². The summed E-state index contributed by atoms with van der Waals surface area (Å²) in [5, 5.41) is 31.5. The molecule has 1 aliphatic rings. The van der Waals surface area contributed by atoms with E-state index in [1.54, 1.807) is 0 Å². The fourth-order valence-electron chi connectivity index (χ4n) is 2.23. The predicted octanol–water partition coefficient (Wildman–Crippen LogP) is -0.131. The molecule has 4 heteroatoms. The summed E-state index contributed by atoms with van der Waals surface area (Å²) in [4.78, 5) is 0. The molecule has 0 unspecified atom stereocenters. The van der Waals surface area contributed by atoms with Gasteiger partial charge in [-0.05, 0) is 6.42 Å². The molecule has 0 amide bonds. The summed E-state index contributed by atoms with van der Waals surface area (Å²) in [6.45, 7) is 2.51. The predicted molar refractivity (Wildman–Crippen MR) is 58.5 cm³/mol. The molecule has 0 aromatic heterocycles. The summed E-state index contributed by atoms with van der Waals surface area (Å²) >= 11 is 0. The van der Waals surface area contributed by atoms with Gasteiger partial charge >= 0.3 is 0 Å². The SMILES string of the molecule is CCCCC[C@@H]1NC[C@@H](O)[C@@H](O)[C@H]1CO. The molecule has 1 fully saturated rings. The molecule has 90 valence electrons.